The summed E-state index contributed by atoms with van der Waals surface area (Å²) in [6.45, 7) is 3.76. The molecule has 0 fully saturated rings. The van der Waals surface area contributed by atoms with Gasteiger partial charge < -0.3 is 4.42 Å². The van der Waals surface area contributed by atoms with E-state index in [0.717, 1.165) is 29.8 Å². The molecule has 0 radical (unpaired) electrons. The van der Waals surface area contributed by atoms with Gasteiger partial charge in [0, 0.05) is 30.2 Å². The molecule has 0 aliphatic carbocycles. The predicted octanol–water partition coefficient (Wildman–Crippen LogP) is 3.11. The fourth-order valence-electron chi connectivity index (χ4n) is 2.43. The van der Waals surface area contributed by atoms with Crippen molar-refractivity contribution in [3.63, 3.8) is 0 Å². The van der Waals surface area contributed by atoms with Gasteiger partial charge in [-0.25, -0.2) is 0 Å². The van der Waals surface area contributed by atoms with Gasteiger partial charge in [0.05, 0.1) is 12.7 Å². The molecule has 0 aliphatic rings. The van der Waals surface area contributed by atoms with Crippen molar-refractivity contribution in [1.29, 1.82) is 0 Å². The Labute approximate surface area is 118 Å². The Morgan fingerprint density at radius 3 is 2.75 bits per heavy atom. The Morgan fingerprint density at radius 1 is 1.25 bits per heavy atom. The summed E-state index contributed by atoms with van der Waals surface area (Å²) in [6.07, 6.45) is 1.93. The highest BCUT2D eigenvalue weighted by atomic mass is 16.3. The minimum Gasteiger partial charge on any atom is -0.460 e. The first-order chi connectivity index (χ1) is 9.63. The van der Waals surface area contributed by atoms with E-state index in [-0.39, 0.29) is 0 Å². The van der Waals surface area contributed by atoms with Crippen LogP contribution in [0.25, 0.3) is 11.0 Å². The number of nitrogens with zero attached hydrogens (tertiary/aromatic N) is 3. The van der Waals surface area contributed by atoms with Gasteiger partial charge in [0.25, 0.3) is 0 Å². The first kappa shape index (κ1) is 12.9. The second kappa shape index (κ2) is 5.13. The van der Waals surface area contributed by atoms with Crippen LogP contribution < -0.4 is 0 Å². The standard InChI is InChI=1S/C16H19N3O/c1-12-14(9-17-19(12)3)10-18(2)11-15-8-13-6-4-5-7-16(13)20-15/h4-9H,10-11H2,1-3H3. The van der Waals surface area contributed by atoms with E-state index in [4.69, 9.17) is 4.42 Å². The molecule has 0 N–H and O–H groups in total. The van der Waals surface area contributed by atoms with Crippen molar-refractivity contribution >= 4 is 11.0 Å². The number of benzene rings is 1. The smallest absolute Gasteiger partial charge is 0.134 e. The summed E-state index contributed by atoms with van der Waals surface area (Å²) in [5, 5.41) is 5.44. The Balaban J connectivity index is 1.72. The number of hydrogen-bond acceptors (Lipinski definition) is 3. The van der Waals surface area contributed by atoms with Crippen LogP contribution in [0.3, 0.4) is 0 Å². The van der Waals surface area contributed by atoms with Crippen molar-refractivity contribution in [2.75, 3.05) is 7.05 Å². The highest BCUT2D eigenvalue weighted by Gasteiger charge is 2.10. The molecule has 0 saturated carbocycles. The summed E-state index contributed by atoms with van der Waals surface area (Å²) >= 11 is 0. The van der Waals surface area contributed by atoms with E-state index in [1.165, 1.54) is 11.3 Å². The molecule has 4 heteroatoms. The largest absolute Gasteiger partial charge is 0.460 e. The van der Waals surface area contributed by atoms with Crippen molar-refractivity contribution in [3.8, 4) is 0 Å². The zero-order chi connectivity index (χ0) is 14.1. The molecule has 3 aromatic rings. The van der Waals surface area contributed by atoms with E-state index in [9.17, 15) is 0 Å². The quantitative estimate of drug-likeness (QED) is 0.730. The van der Waals surface area contributed by atoms with Crippen molar-refractivity contribution in [2.24, 2.45) is 7.05 Å². The first-order valence-corrected chi connectivity index (χ1v) is 6.77. The number of para-hydroxylation sites is 1. The van der Waals surface area contributed by atoms with E-state index < -0.39 is 0 Å². The molecule has 104 valence electrons. The molecular weight excluding hydrogens is 250 g/mol. The lowest BCUT2D eigenvalue weighted by atomic mass is 10.2. The Hall–Kier alpha value is -2.07. The molecule has 0 spiro atoms. The molecule has 0 unspecified atom stereocenters. The second-order valence-corrected chi connectivity index (χ2v) is 5.30. The summed E-state index contributed by atoms with van der Waals surface area (Å²) in [5.41, 5.74) is 3.42. The second-order valence-electron chi connectivity index (χ2n) is 5.30. The summed E-state index contributed by atoms with van der Waals surface area (Å²) in [7, 11) is 4.07. The number of aryl methyl sites for hydroxylation is 1. The van der Waals surface area contributed by atoms with E-state index >= 15 is 0 Å². The highest BCUT2D eigenvalue weighted by Crippen LogP contribution is 2.20. The molecule has 0 atom stereocenters. The Kier molecular flexibility index (Phi) is 3.32. The van der Waals surface area contributed by atoms with Crippen molar-refractivity contribution < 1.29 is 4.42 Å². The number of fused-ring (bicyclic) bond motifs is 1. The molecule has 0 aliphatic heterocycles. The lowest BCUT2D eigenvalue weighted by Gasteiger charge is -2.14. The van der Waals surface area contributed by atoms with Crippen molar-refractivity contribution in [2.45, 2.75) is 20.0 Å². The number of hydrogen-bond donors (Lipinski definition) is 0. The molecular formula is C16H19N3O. The zero-order valence-electron chi connectivity index (χ0n) is 12.1. The Bertz CT molecular complexity index is 693. The fraction of sp³-hybridized carbons (Fsp3) is 0.312. The van der Waals surface area contributed by atoms with Crippen LogP contribution in [0.15, 0.2) is 40.9 Å². The maximum Gasteiger partial charge on any atom is 0.134 e. The van der Waals surface area contributed by atoms with E-state index in [1.54, 1.807) is 0 Å². The SMILES string of the molecule is Cc1c(CN(C)Cc2cc3ccccc3o2)cnn1C. The number of aromatic nitrogens is 2. The van der Waals surface area contributed by atoms with Crippen LogP contribution in [0.4, 0.5) is 0 Å². The van der Waals surface area contributed by atoms with E-state index in [2.05, 4.69) is 36.1 Å². The highest BCUT2D eigenvalue weighted by molar-refractivity contribution is 5.77. The van der Waals surface area contributed by atoms with E-state index in [1.807, 2.05) is 36.1 Å². The predicted molar refractivity (Wildman–Crippen MR) is 79.3 cm³/mol. The average molecular weight is 269 g/mol. The van der Waals surface area contributed by atoms with Crippen molar-refractivity contribution in [1.82, 2.24) is 14.7 Å². The number of furan rings is 1. The third kappa shape index (κ3) is 2.47. The van der Waals surface area contributed by atoms with Gasteiger partial charge in [-0.05, 0) is 26.1 Å². The van der Waals surface area contributed by atoms with Gasteiger partial charge in [-0.1, -0.05) is 18.2 Å². The minimum absolute atomic E-state index is 0.795. The third-order valence-corrected chi connectivity index (χ3v) is 3.68. The van der Waals surface area contributed by atoms with Gasteiger partial charge in [-0.15, -0.1) is 0 Å². The molecule has 4 nitrogen and oxygen atoms in total. The van der Waals surface area contributed by atoms with Crippen LogP contribution in [-0.2, 0) is 20.1 Å². The average Bonchev–Trinajstić information content (AvgIpc) is 2.96. The lowest BCUT2D eigenvalue weighted by Crippen LogP contribution is -2.17. The molecule has 20 heavy (non-hydrogen) atoms. The summed E-state index contributed by atoms with van der Waals surface area (Å²) < 4.78 is 7.76. The molecule has 2 aromatic heterocycles. The van der Waals surface area contributed by atoms with Crippen LogP contribution in [0, 0.1) is 6.92 Å². The van der Waals surface area contributed by atoms with Crippen LogP contribution in [0.5, 0.6) is 0 Å². The van der Waals surface area contributed by atoms with Gasteiger partial charge in [0.2, 0.25) is 0 Å². The normalized spacial score (nSPS) is 11.6. The van der Waals surface area contributed by atoms with Crippen LogP contribution in [-0.4, -0.2) is 21.7 Å². The maximum absolute atomic E-state index is 5.85. The van der Waals surface area contributed by atoms with Gasteiger partial charge in [0.15, 0.2) is 0 Å². The molecule has 3 rings (SSSR count). The van der Waals surface area contributed by atoms with Crippen molar-refractivity contribution in [3.05, 3.63) is 53.5 Å². The molecule has 2 heterocycles. The Morgan fingerprint density at radius 2 is 2.05 bits per heavy atom. The monoisotopic (exact) mass is 269 g/mol. The van der Waals surface area contributed by atoms with E-state index in [0.29, 0.717) is 0 Å². The maximum atomic E-state index is 5.85. The van der Waals surface area contributed by atoms with Crippen LogP contribution in [0.2, 0.25) is 0 Å². The van der Waals surface area contributed by atoms with Crippen LogP contribution in [0.1, 0.15) is 17.0 Å². The third-order valence-electron chi connectivity index (χ3n) is 3.68. The molecule has 0 bridgehead atoms. The summed E-state index contributed by atoms with van der Waals surface area (Å²) in [6, 6.07) is 10.2. The van der Waals surface area contributed by atoms with Gasteiger partial charge in [-0.3, -0.25) is 9.58 Å². The first-order valence-electron chi connectivity index (χ1n) is 6.77. The lowest BCUT2D eigenvalue weighted by molar-refractivity contribution is 0.291. The van der Waals surface area contributed by atoms with Gasteiger partial charge >= 0.3 is 0 Å². The molecule has 0 saturated heterocycles. The van der Waals surface area contributed by atoms with Gasteiger partial charge in [-0.2, -0.15) is 5.10 Å². The van der Waals surface area contributed by atoms with Crippen LogP contribution >= 0.6 is 0 Å². The summed E-state index contributed by atoms with van der Waals surface area (Å²) in [4.78, 5) is 2.24. The zero-order valence-corrected chi connectivity index (χ0v) is 12.1. The topological polar surface area (TPSA) is 34.2 Å². The minimum atomic E-state index is 0.795. The molecule has 0 amide bonds. The molecule has 1 aromatic carbocycles. The summed E-state index contributed by atoms with van der Waals surface area (Å²) in [5.74, 6) is 0.996. The van der Waals surface area contributed by atoms with Gasteiger partial charge in [0.1, 0.15) is 11.3 Å². The number of rotatable bonds is 4. The fourth-order valence-corrected chi connectivity index (χ4v) is 2.43.